The number of hydrogen-bond donors (Lipinski definition) is 1. The predicted octanol–water partition coefficient (Wildman–Crippen LogP) is 2.19. The molecule has 5 heteroatoms. The molecule has 2 heterocycles. The smallest absolute Gasteiger partial charge is 0.323 e. The molecule has 0 radical (unpaired) electrons. The molecule has 2 fully saturated rings. The zero-order valence-electron chi connectivity index (χ0n) is 14.8. The number of piperidine rings is 1. The van der Waals surface area contributed by atoms with Crippen molar-refractivity contribution in [3.05, 3.63) is 35.4 Å². The van der Waals surface area contributed by atoms with Crippen molar-refractivity contribution in [2.24, 2.45) is 5.92 Å². The first-order valence-corrected chi connectivity index (χ1v) is 8.78. The summed E-state index contributed by atoms with van der Waals surface area (Å²) in [6, 6.07) is 8.40. The van der Waals surface area contributed by atoms with Gasteiger partial charge in [-0.2, -0.15) is 0 Å². The average molecular weight is 329 g/mol. The van der Waals surface area contributed by atoms with Gasteiger partial charge in [0, 0.05) is 26.1 Å². The zero-order chi connectivity index (χ0) is 17.3. The molecule has 2 aliphatic rings. The van der Waals surface area contributed by atoms with Crippen LogP contribution in [-0.4, -0.2) is 54.0 Å². The summed E-state index contributed by atoms with van der Waals surface area (Å²) in [5.41, 5.74) is 1.87. The maximum absolute atomic E-state index is 12.5. The lowest BCUT2D eigenvalue weighted by molar-refractivity contribution is -0.132. The number of hydrogen-bond acceptors (Lipinski definition) is 3. The monoisotopic (exact) mass is 329 g/mol. The fraction of sp³-hybridized carbons (Fsp3) is 0.579. The number of carbonyl (C=O) groups excluding carboxylic acids is 2. The quantitative estimate of drug-likeness (QED) is 0.862. The SMILES string of the molecule is Cc1ccc(CCN2CCC[C@@H]([C@@]3(C)NC(=O)N(C)C3=O)C2)cc1. The Balaban J connectivity index is 1.61. The van der Waals surface area contributed by atoms with Gasteiger partial charge in [-0.15, -0.1) is 0 Å². The molecule has 2 saturated heterocycles. The van der Waals surface area contributed by atoms with Gasteiger partial charge in [0.25, 0.3) is 5.91 Å². The van der Waals surface area contributed by atoms with Crippen LogP contribution in [0.1, 0.15) is 30.9 Å². The number of nitrogens with zero attached hydrogens (tertiary/aromatic N) is 2. The molecule has 0 unspecified atom stereocenters. The van der Waals surface area contributed by atoms with E-state index in [9.17, 15) is 9.59 Å². The van der Waals surface area contributed by atoms with Crippen LogP contribution in [0.5, 0.6) is 0 Å². The Labute approximate surface area is 144 Å². The van der Waals surface area contributed by atoms with Crippen LogP contribution >= 0.6 is 0 Å². The molecule has 0 aliphatic carbocycles. The molecular formula is C19H27N3O2. The number of carbonyl (C=O) groups is 2. The Kier molecular flexibility index (Phi) is 4.63. The number of benzene rings is 1. The minimum atomic E-state index is -0.756. The van der Waals surface area contributed by atoms with Crippen LogP contribution in [0.25, 0.3) is 0 Å². The normalized spacial score (nSPS) is 28.3. The molecular weight excluding hydrogens is 302 g/mol. The van der Waals surface area contributed by atoms with E-state index in [4.69, 9.17) is 0 Å². The third kappa shape index (κ3) is 3.18. The second-order valence-electron chi connectivity index (χ2n) is 7.37. The van der Waals surface area contributed by atoms with Crippen molar-refractivity contribution in [2.45, 2.75) is 38.6 Å². The molecule has 24 heavy (non-hydrogen) atoms. The van der Waals surface area contributed by atoms with E-state index in [-0.39, 0.29) is 17.9 Å². The topological polar surface area (TPSA) is 52.7 Å². The van der Waals surface area contributed by atoms with E-state index < -0.39 is 5.54 Å². The molecule has 0 aromatic heterocycles. The first kappa shape index (κ1) is 17.0. The maximum Gasteiger partial charge on any atom is 0.324 e. The van der Waals surface area contributed by atoms with Crippen molar-refractivity contribution in [2.75, 3.05) is 26.7 Å². The molecule has 1 aromatic carbocycles. The lowest BCUT2D eigenvalue weighted by atomic mass is 9.80. The number of amides is 3. The van der Waals surface area contributed by atoms with Crippen LogP contribution in [0.2, 0.25) is 0 Å². The van der Waals surface area contributed by atoms with Crippen LogP contribution in [0.15, 0.2) is 24.3 Å². The van der Waals surface area contributed by atoms with E-state index in [1.54, 1.807) is 7.05 Å². The molecule has 3 amide bonds. The number of nitrogens with one attached hydrogen (secondary N) is 1. The summed E-state index contributed by atoms with van der Waals surface area (Å²) >= 11 is 0. The third-order valence-corrected chi connectivity index (χ3v) is 5.58. The summed E-state index contributed by atoms with van der Waals surface area (Å²) < 4.78 is 0. The van der Waals surface area contributed by atoms with Crippen LogP contribution in [-0.2, 0) is 11.2 Å². The van der Waals surface area contributed by atoms with Crippen molar-refractivity contribution in [3.8, 4) is 0 Å². The minimum Gasteiger partial charge on any atom is -0.323 e. The highest BCUT2D eigenvalue weighted by Gasteiger charge is 2.51. The van der Waals surface area contributed by atoms with Crippen molar-refractivity contribution < 1.29 is 9.59 Å². The van der Waals surface area contributed by atoms with Crippen LogP contribution < -0.4 is 5.32 Å². The van der Waals surface area contributed by atoms with Gasteiger partial charge < -0.3 is 10.2 Å². The fourth-order valence-electron chi connectivity index (χ4n) is 3.85. The highest BCUT2D eigenvalue weighted by molar-refractivity contribution is 6.06. The summed E-state index contributed by atoms with van der Waals surface area (Å²) in [5, 5.41) is 2.91. The van der Waals surface area contributed by atoms with Gasteiger partial charge in [-0.25, -0.2) is 4.79 Å². The average Bonchev–Trinajstić information content (AvgIpc) is 2.79. The zero-order valence-corrected chi connectivity index (χ0v) is 14.8. The standard InChI is InChI=1S/C19H27N3O2/c1-14-6-8-15(9-7-14)10-12-22-11-4-5-16(13-22)19(2)17(23)21(3)18(24)20-19/h6-9,16H,4-5,10-13H2,1-3H3,(H,20,24)/t16-,19-/m1/s1. The van der Waals surface area contributed by atoms with E-state index in [2.05, 4.69) is 41.4 Å². The Morgan fingerprint density at radius 2 is 1.96 bits per heavy atom. The first-order valence-electron chi connectivity index (χ1n) is 8.78. The van der Waals surface area contributed by atoms with Gasteiger partial charge in [0.15, 0.2) is 0 Å². The Bertz CT molecular complexity index is 628. The van der Waals surface area contributed by atoms with Gasteiger partial charge in [0.2, 0.25) is 0 Å². The molecule has 2 atom stereocenters. The molecule has 3 rings (SSSR count). The Morgan fingerprint density at radius 3 is 2.58 bits per heavy atom. The van der Waals surface area contributed by atoms with Gasteiger partial charge >= 0.3 is 6.03 Å². The van der Waals surface area contributed by atoms with Crippen LogP contribution in [0.4, 0.5) is 4.79 Å². The van der Waals surface area contributed by atoms with E-state index in [0.717, 1.165) is 38.9 Å². The van der Waals surface area contributed by atoms with Crippen LogP contribution in [0.3, 0.4) is 0 Å². The second-order valence-corrected chi connectivity index (χ2v) is 7.37. The highest BCUT2D eigenvalue weighted by atomic mass is 16.2. The first-order chi connectivity index (χ1) is 11.4. The minimum absolute atomic E-state index is 0.0992. The largest absolute Gasteiger partial charge is 0.324 e. The van der Waals surface area contributed by atoms with Crippen molar-refractivity contribution in [1.29, 1.82) is 0 Å². The van der Waals surface area contributed by atoms with Crippen LogP contribution in [0, 0.1) is 12.8 Å². The van der Waals surface area contributed by atoms with E-state index in [1.165, 1.54) is 16.0 Å². The maximum atomic E-state index is 12.5. The van der Waals surface area contributed by atoms with Crippen molar-refractivity contribution >= 4 is 11.9 Å². The number of urea groups is 1. The number of likely N-dealkylation sites (tertiary alicyclic amines) is 1. The summed E-state index contributed by atoms with van der Waals surface area (Å²) in [6.45, 7) is 6.90. The molecule has 1 N–H and O–H groups in total. The molecule has 5 nitrogen and oxygen atoms in total. The summed E-state index contributed by atoms with van der Waals surface area (Å²) in [5.74, 6) is 0.0727. The summed E-state index contributed by atoms with van der Waals surface area (Å²) in [7, 11) is 1.56. The van der Waals surface area contributed by atoms with E-state index >= 15 is 0 Å². The third-order valence-electron chi connectivity index (χ3n) is 5.58. The van der Waals surface area contributed by atoms with E-state index in [1.807, 2.05) is 6.92 Å². The Morgan fingerprint density at radius 1 is 1.25 bits per heavy atom. The molecule has 1 aromatic rings. The van der Waals surface area contributed by atoms with Gasteiger partial charge in [0.1, 0.15) is 5.54 Å². The summed E-state index contributed by atoms with van der Waals surface area (Å²) in [4.78, 5) is 28.0. The predicted molar refractivity (Wildman–Crippen MR) is 93.8 cm³/mol. The molecule has 0 spiro atoms. The van der Waals surface area contributed by atoms with Gasteiger partial charge in [-0.1, -0.05) is 29.8 Å². The van der Waals surface area contributed by atoms with E-state index in [0.29, 0.717) is 0 Å². The lowest BCUT2D eigenvalue weighted by Gasteiger charge is -2.39. The van der Waals surface area contributed by atoms with Gasteiger partial charge in [0.05, 0.1) is 0 Å². The second kappa shape index (κ2) is 6.55. The fourth-order valence-corrected chi connectivity index (χ4v) is 3.85. The highest BCUT2D eigenvalue weighted by Crippen LogP contribution is 2.32. The molecule has 2 aliphatic heterocycles. The number of imide groups is 1. The van der Waals surface area contributed by atoms with Crippen molar-refractivity contribution in [1.82, 2.24) is 15.1 Å². The Hall–Kier alpha value is -1.88. The van der Waals surface area contributed by atoms with Gasteiger partial charge in [-0.3, -0.25) is 9.69 Å². The lowest BCUT2D eigenvalue weighted by Crippen LogP contribution is -2.55. The summed E-state index contributed by atoms with van der Waals surface area (Å²) in [6.07, 6.45) is 3.07. The van der Waals surface area contributed by atoms with Crippen molar-refractivity contribution in [3.63, 3.8) is 0 Å². The number of rotatable bonds is 4. The molecule has 0 saturated carbocycles. The van der Waals surface area contributed by atoms with Gasteiger partial charge in [-0.05, 0) is 45.2 Å². The molecule has 0 bridgehead atoms. The number of aryl methyl sites for hydroxylation is 1. The molecule has 130 valence electrons. The number of likely N-dealkylation sites (N-methyl/N-ethyl adjacent to an activating group) is 1.